The molecule has 0 heterocycles. The van der Waals surface area contributed by atoms with Gasteiger partial charge in [-0.05, 0) is 12.0 Å². The Hall–Kier alpha value is -1.46. The minimum absolute atomic E-state index is 0.0367. The van der Waals surface area contributed by atoms with Crippen LogP contribution in [0.3, 0.4) is 0 Å². The maximum Gasteiger partial charge on any atom is 0.263 e. The van der Waals surface area contributed by atoms with E-state index in [4.69, 9.17) is 10.6 Å². The lowest BCUT2D eigenvalue weighted by molar-refractivity contribution is -0.136. The average Bonchev–Trinajstić information content (AvgIpc) is 2.30. The van der Waals surface area contributed by atoms with E-state index < -0.39 is 12.0 Å². The van der Waals surface area contributed by atoms with Crippen LogP contribution in [0.5, 0.6) is 0 Å². The molecular formula is C12H17FN2O2. The van der Waals surface area contributed by atoms with Crippen LogP contribution in [0.15, 0.2) is 24.3 Å². The maximum atomic E-state index is 13.3. The third-order valence-corrected chi connectivity index (χ3v) is 2.38. The monoisotopic (exact) mass is 240 g/mol. The molecule has 0 aliphatic heterocycles. The summed E-state index contributed by atoms with van der Waals surface area (Å²) in [4.78, 5) is 11.4. The van der Waals surface area contributed by atoms with Gasteiger partial charge in [0, 0.05) is 5.56 Å². The number of rotatable bonds is 5. The molecule has 1 aromatic carbocycles. The number of halogens is 1. The Morgan fingerprint density at radius 1 is 1.47 bits per heavy atom. The van der Waals surface area contributed by atoms with Crippen molar-refractivity contribution in [1.82, 2.24) is 5.43 Å². The van der Waals surface area contributed by atoms with Crippen molar-refractivity contribution >= 4 is 5.91 Å². The van der Waals surface area contributed by atoms with Gasteiger partial charge in [0.05, 0.1) is 6.61 Å². The summed E-state index contributed by atoms with van der Waals surface area (Å²) in [6.07, 6.45) is -0.681. The van der Waals surface area contributed by atoms with E-state index in [2.05, 4.69) is 0 Å². The Labute approximate surface area is 99.9 Å². The van der Waals surface area contributed by atoms with Crippen LogP contribution >= 0.6 is 0 Å². The Morgan fingerprint density at radius 2 is 2.12 bits per heavy atom. The molecule has 1 unspecified atom stereocenters. The molecule has 1 atom stereocenters. The van der Waals surface area contributed by atoms with Gasteiger partial charge in [0.1, 0.15) is 11.9 Å². The van der Waals surface area contributed by atoms with E-state index in [-0.39, 0.29) is 18.3 Å². The van der Waals surface area contributed by atoms with Gasteiger partial charge in [0.25, 0.3) is 5.91 Å². The number of carbonyl (C=O) groups excluding carboxylic acids is 1. The van der Waals surface area contributed by atoms with Crippen molar-refractivity contribution in [2.45, 2.75) is 26.6 Å². The first kappa shape index (κ1) is 13.6. The van der Waals surface area contributed by atoms with E-state index in [0.717, 1.165) is 0 Å². The van der Waals surface area contributed by atoms with Crippen molar-refractivity contribution in [3.63, 3.8) is 0 Å². The topological polar surface area (TPSA) is 64.3 Å². The van der Waals surface area contributed by atoms with Crippen molar-refractivity contribution < 1.29 is 13.9 Å². The Morgan fingerprint density at radius 3 is 2.65 bits per heavy atom. The maximum absolute atomic E-state index is 13.3. The molecule has 1 rings (SSSR count). The fourth-order valence-electron chi connectivity index (χ4n) is 1.45. The molecule has 5 heteroatoms. The van der Waals surface area contributed by atoms with E-state index >= 15 is 0 Å². The first-order chi connectivity index (χ1) is 8.06. The first-order valence-corrected chi connectivity index (χ1v) is 5.41. The van der Waals surface area contributed by atoms with E-state index in [1.807, 2.05) is 19.3 Å². The minimum atomic E-state index is -0.681. The molecule has 0 aromatic heterocycles. The molecule has 0 saturated carbocycles. The first-order valence-electron chi connectivity index (χ1n) is 5.41. The second kappa shape index (κ2) is 6.32. The highest BCUT2D eigenvalue weighted by Crippen LogP contribution is 2.13. The van der Waals surface area contributed by atoms with E-state index in [1.165, 1.54) is 6.07 Å². The molecule has 17 heavy (non-hydrogen) atoms. The van der Waals surface area contributed by atoms with Gasteiger partial charge in [0.15, 0.2) is 0 Å². The SMILES string of the molecule is CC(C)C(OCc1ccccc1F)C(=O)NN. The van der Waals surface area contributed by atoms with Crippen molar-refractivity contribution in [2.24, 2.45) is 11.8 Å². The van der Waals surface area contributed by atoms with Gasteiger partial charge in [-0.25, -0.2) is 10.2 Å². The number of hydrogen-bond donors (Lipinski definition) is 2. The standard InChI is InChI=1S/C12H17FN2O2/c1-8(2)11(12(16)15-14)17-7-9-5-3-4-6-10(9)13/h3-6,8,11H,7,14H2,1-2H3,(H,15,16). The predicted molar refractivity (Wildman–Crippen MR) is 62.1 cm³/mol. The van der Waals surface area contributed by atoms with E-state index in [0.29, 0.717) is 5.56 Å². The molecule has 1 aromatic rings. The lowest BCUT2D eigenvalue weighted by atomic mass is 10.1. The molecule has 4 nitrogen and oxygen atoms in total. The quantitative estimate of drug-likeness (QED) is 0.464. The van der Waals surface area contributed by atoms with Gasteiger partial charge < -0.3 is 4.74 Å². The molecule has 3 N–H and O–H groups in total. The molecule has 0 aliphatic carbocycles. The molecule has 0 spiro atoms. The van der Waals surface area contributed by atoms with Crippen molar-refractivity contribution in [1.29, 1.82) is 0 Å². The Balaban J connectivity index is 2.64. The number of amides is 1. The van der Waals surface area contributed by atoms with Crippen molar-refractivity contribution in [3.8, 4) is 0 Å². The zero-order valence-corrected chi connectivity index (χ0v) is 9.94. The van der Waals surface area contributed by atoms with Crippen molar-refractivity contribution in [2.75, 3.05) is 0 Å². The fourth-order valence-corrected chi connectivity index (χ4v) is 1.45. The fraction of sp³-hybridized carbons (Fsp3) is 0.417. The Kier molecular flexibility index (Phi) is 5.06. The van der Waals surface area contributed by atoms with Crippen LogP contribution in [-0.2, 0) is 16.1 Å². The lowest BCUT2D eigenvalue weighted by Gasteiger charge is -2.19. The van der Waals surface area contributed by atoms with Gasteiger partial charge >= 0.3 is 0 Å². The summed E-state index contributed by atoms with van der Waals surface area (Å²) in [7, 11) is 0. The third-order valence-electron chi connectivity index (χ3n) is 2.38. The zero-order chi connectivity index (χ0) is 12.8. The number of carbonyl (C=O) groups is 1. The van der Waals surface area contributed by atoms with Crippen LogP contribution < -0.4 is 11.3 Å². The number of ether oxygens (including phenoxy) is 1. The predicted octanol–water partition coefficient (Wildman–Crippen LogP) is 1.36. The molecule has 0 bridgehead atoms. The summed E-state index contributed by atoms with van der Waals surface area (Å²) in [6.45, 7) is 3.71. The molecule has 94 valence electrons. The van der Waals surface area contributed by atoms with Crippen LogP contribution in [0.4, 0.5) is 4.39 Å². The summed E-state index contributed by atoms with van der Waals surface area (Å²) < 4.78 is 18.7. The second-order valence-corrected chi connectivity index (χ2v) is 4.08. The van der Waals surface area contributed by atoms with Crippen LogP contribution in [0, 0.1) is 11.7 Å². The average molecular weight is 240 g/mol. The van der Waals surface area contributed by atoms with Gasteiger partial charge in [-0.3, -0.25) is 10.2 Å². The number of nitrogens with one attached hydrogen (secondary N) is 1. The summed E-state index contributed by atoms with van der Waals surface area (Å²) >= 11 is 0. The summed E-state index contributed by atoms with van der Waals surface area (Å²) in [5.74, 6) is 4.27. The number of benzene rings is 1. The van der Waals surface area contributed by atoms with Crippen molar-refractivity contribution in [3.05, 3.63) is 35.6 Å². The molecule has 0 radical (unpaired) electrons. The summed E-state index contributed by atoms with van der Waals surface area (Å²) in [6, 6.07) is 6.29. The highest BCUT2D eigenvalue weighted by Gasteiger charge is 2.22. The number of hydrogen-bond acceptors (Lipinski definition) is 3. The largest absolute Gasteiger partial charge is 0.363 e. The third kappa shape index (κ3) is 3.80. The van der Waals surface area contributed by atoms with Crippen LogP contribution in [0.1, 0.15) is 19.4 Å². The molecule has 0 aliphatic rings. The van der Waals surface area contributed by atoms with E-state index in [1.54, 1.807) is 18.2 Å². The van der Waals surface area contributed by atoms with Gasteiger partial charge in [-0.15, -0.1) is 0 Å². The van der Waals surface area contributed by atoms with Crippen LogP contribution in [0.2, 0.25) is 0 Å². The van der Waals surface area contributed by atoms with Gasteiger partial charge in [-0.1, -0.05) is 32.0 Å². The van der Waals surface area contributed by atoms with E-state index in [9.17, 15) is 9.18 Å². The van der Waals surface area contributed by atoms with Crippen LogP contribution in [0.25, 0.3) is 0 Å². The Bertz CT molecular complexity index is 383. The number of nitrogens with two attached hydrogens (primary N) is 1. The van der Waals surface area contributed by atoms with Gasteiger partial charge in [-0.2, -0.15) is 0 Å². The molecule has 0 saturated heterocycles. The molecule has 0 fully saturated rings. The minimum Gasteiger partial charge on any atom is -0.363 e. The molecular weight excluding hydrogens is 223 g/mol. The summed E-state index contributed by atoms with van der Waals surface area (Å²) in [5, 5.41) is 0. The zero-order valence-electron chi connectivity index (χ0n) is 9.94. The highest BCUT2D eigenvalue weighted by molar-refractivity contribution is 5.80. The number of hydrazine groups is 1. The summed E-state index contributed by atoms with van der Waals surface area (Å²) in [5.41, 5.74) is 2.46. The van der Waals surface area contributed by atoms with Gasteiger partial charge in [0.2, 0.25) is 0 Å². The highest BCUT2D eigenvalue weighted by atomic mass is 19.1. The second-order valence-electron chi connectivity index (χ2n) is 4.08. The normalized spacial score (nSPS) is 12.5. The molecule has 1 amide bonds. The lowest BCUT2D eigenvalue weighted by Crippen LogP contribution is -2.43. The van der Waals surface area contributed by atoms with Crippen LogP contribution in [-0.4, -0.2) is 12.0 Å². The smallest absolute Gasteiger partial charge is 0.263 e.